The van der Waals surface area contributed by atoms with Crippen LogP contribution >= 0.6 is 0 Å². The lowest BCUT2D eigenvalue weighted by molar-refractivity contribution is -0.166. The van der Waals surface area contributed by atoms with Crippen LogP contribution in [0.3, 0.4) is 0 Å². The minimum atomic E-state index is -0.678. The Kier molecular flexibility index (Phi) is 13.4. The maximum Gasteiger partial charge on any atom is 0.239 e. The molecule has 0 radical (unpaired) electrons. The Morgan fingerprint density at radius 2 is 1.71 bits per heavy atom. The predicted octanol–water partition coefficient (Wildman–Crippen LogP) is 2.39. The first-order valence-corrected chi connectivity index (χ1v) is 9.67. The van der Waals surface area contributed by atoms with E-state index in [1.807, 2.05) is 30.3 Å². The molecule has 0 aliphatic heterocycles. The maximum atomic E-state index is 12.3. The van der Waals surface area contributed by atoms with Crippen LogP contribution in [0.25, 0.3) is 0 Å². The molecule has 3 amide bonds. The third kappa shape index (κ3) is 11.3. The second kappa shape index (κ2) is 14.6. The molecule has 0 aliphatic carbocycles. The van der Waals surface area contributed by atoms with Crippen molar-refractivity contribution in [2.24, 2.45) is 11.8 Å². The number of hydrogen-bond donors (Lipinski definition) is 3. The average Bonchev–Trinajstić information content (AvgIpc) is 2.68. The molecule has 7 nitrogen and oxygen atoms in total. The van der Waals surface area contributed by atoms with Crippen LogP contribution in [0.1, 0.15) is 46.1 Å². The summed E-state index contributed by atoms with van der Waals surface area (Å²) in [6.07, 6.45) is 2.28. The summed E-state index contributed by atoms with van der Waals surface area (Å²) in [5, 5.41) is 15.0. The molecular formula is C21H35N3O4. The van der Waals surface area contributed by atoms with Crippen molar-refractivity contribution in [1.29, 1.82) is 0 Å². The van der Waals surface area contributed by atoms with Crippen molar-refractivity contribution < 1.29 is 19.6 Å². The second-order valence-electron chi connectivity index (χ2n) is 7.33. The molecule has 1 rings (SSSR count). The van der Waals surface area contributed by atoms with Crippen LogP contribution in [0.2, 0.25) is 0 Å². The fourth-order valence-electron chi connectivity index (χ4n) is 2.43. The number of carbonyl (C=O) groups excluding carboxylic acids is 3. The smallest absolute Gasteiger partial charge is 0.239 e. The summed E-state index contributed by atoms with van der Waals surface area (Å²) < 4.78 is 0. The van der Waals surface area contributed by atoms with Gasteiger partial charge in [-0.25, -0.2) is 5.06 Å². The van der Waals surface area contributed by atoms with E-state index in [1.54, 1.807) is 6.92 Å². The van der Waals surface area contributed by atoms with Gasteiger partial charge in [-0.2, -0.15) is 0 Å². The van der Waals surface area contributed by atoms with Gasteiger partial charge in [0.05, 0.1) is 18.5 Å². The number of benzene rings is 1. The standard InChI is InChI=1S/C17H25N3O4.C4H10/c1-13(20(24)12-21)15(17(23)19-11-16(22)18-2)10-6-9-14-7-4-3-5-8-14;1-4(2)3/h3-5,7-8,12-13,15,24H,6,9-11H2,1-2H3,(H,18,22)(H,19,23);4H,1-3H3. The van der Waals surface area contributed by atoms with E-state index in [9.17, 15) is 19.6 Å². The van der Waals surface area contributed by atoms with E-state index < -0.39 is 12.0 Å². The van der Waals surface area contributed by atoms with Crippen LogP contribution in [0.4, 0.5) is 0 Å². The Balaban J connectivity index is 0.00000165. The number of aryl methyl sites for hydroxylation is 1. The number of amides is 3. The highest BCUT2D eigenvalue weighted by Crippen LogP contribution is 2.17. The number of likely N-dealkylation sites (N-methyl/N-ethyl adjacent to an activating group) is 1. The van der Waals surface area contributed by atoms with Gasteiger partial charge in [0.15, 0.2) is 0 Å². The Morgan fingerprint density at radius 1 is 1.14 bits per heavy atom. The van der Waals surface area contributed by atoms with Crippen molar-refractivity contribution in [2.45, 2.75) is 53.0 Å². The Labute approximate surface area is 168 Å². The predicted molar refractivity (Wildman–Crippen MR) is 110 cm³/mol. The van der Waals surface area contributed by atoms with Gasteiger partial charge >= 0.3 is 0 Å². The van der Waals surface area contributed by atoms with Crippen molar-refractivity contribution in [3.05, 3.63) is 35.9 Å². The minimum absolute atomic E-state index is 0.135. The molecule has 0 bridgehead atoms. The van der Waals surface area contributed by atoms with Crippen molar-refractivity contribution >= 4 is 18.2 Å². The zero-order valence-corrected chi connectivity index (χ0v) is 17.6. The van der Waals surface area contributed by atoms with Gasteiger partial charge < -0.3 is 10.6 Å². The molecule has 1 aromatic rings. The van der Waals surface area contributed by atoms with Crippen molar-refractivity contribution in [3.63, 3.8) is 0 Å². The highest BCUT2D eigenvalue weighted by molar-refractivity contribution is 5.86. The van der Waals surface area contributed by atoms with E-state index in [2.05, 4.69) is 31.4 Å². The lowest BCUT2D eigenvalue weighted by atomic mass is 9.92. The molecular weight excluding hydrogens is 358 g/mol. The average molecular weight is 394 g/mol. The van der Waals surface area contributed by atoms with Crippen LogP contribution < -0.4 is 10.6 Å². The van der Waals surface area contributed by atoms with Gasteiger partial charge in [0, 0.05) is 7.05 Å². The van der Waals surface area contributed by atoms with Crippen LogP contribution in [-0.2, 0) is 20.8 Å². The zero-order chi connectivity index (χ0) is 21.5. The number of carbonyl (C=O) groups is 3. The molecule has 0 spiro atoms. The van der Waals surface area contributed by atoms with E-state index in [0.717, 1.165) is 24.3 Å². The Hall–Kier alpha value is -2.41. The van der Waals surface area contributed by atoms with E-state index in [0.29, 0.717) is 11.5 Å². The number of hydrogen-bond acceptors (Lipinski definition) is 4. The Morgan fingerprint density at radius 3 is 2.21 bits per heavy atom. The van der Waals surface area contributed by atoms with Crippen molar-refractivity contribution in [2.75, 3.05) is 13.6 Å². The molecule has 2 unspecified atom stereocenters. The summed E-state index contributed by atoms with van der Waals surface area (Å²) in [5.74, 6) is -0.441. The summed E-state index contributed by atoms with van der Waals surface area (Å²) >= 11 is 0. The highest BCUT2D eigenvalue weighted by atomic mass is 16.5. The molecule has 7 heteroatoms. The largest absolute Gasteiger partial charge is 0.358 e. The molecule has 3 N–H and O–H groups in total. The summed E-state index contributed by atoms with van der Waals surface area (Å²) in [6.45, 7) is 7.96. The molecule has 0 heterocycles. The zero-order valence-electron chi connectivity index (χ0n) is 17.6. The molecule has 1 aromatic carbocycles. The molecule has 0 aromatic heterocycles. The van der Waals surface area contributed by atoms with E-state index in [4.69, 9.17) is 0 Å². The van der Waals surface area contributed by atoms with Gasteiger partial charge in [-0.1, -0.05) is 51.1 Å². The first-order valence-electron chi connectivity index (χ1n) is 9.67. The fraction of sp³-hybridized carbons (Fsp3) is 0.571. The number of nitrogens with one attached hydrogen (secondary N) is 2. The van der Waals surface area contributed by atoms with Crippen LogP contribution in [-0.4, -0.2) is 48.1 Å². The van der Waals surface area contributed by atoms with Crippen molar-refractivity contribution in [1.82, 2.24) is 15.7 Å². The molecule has 28 heavy (non-hydrogen) atoms. The lowest BCUT2D eigenvalue weighted by Crippen LogP contribution is -2.46. The number of rotatable bonds is 10. The third-order valence-corrected chi connectivity index (χ3v) is 3.97. The minimum Gasteiger partial charge on any atom is -0.358 e. The molecule has 0 aliphatic rings. The van der Waals surface area contributed by atoms with Gasteiger partial charge in [0.1, 0.15) is 0 Å². The SMILES string of the molecule is CC(C)C.CNC(=O)CNC(=O)C(CCCc1ccccc1)C(C)N(O)C=O. The molecule has 0 saturated heterocycles. The van der Waals surface area contributed by atoms with E-state index >= 15 is 0 Å². The summed E-state index contributed by atoms with van der Waals surface area (Å²) in [4.78, 5) is 34.3. The lowest BCUT2D eigenvalue weighted by Gasteiger charge is -2.27. The first-order chi connectivity index (χ1) is 13.2. The molecule has 2 atom stereocenters. The van der Waals surface area contributed by atoms with Crippen LogP contribution in [0.15, 0.2) is 30.3 Å². The summed E-state index contributed by atoms with van der Waals surface area (Å²) in [6, 6.07) is 9.18. The highest BCUT2D eigenvalue weighted by Gasteiger charge is 2.28. The van der Waals surface area contributed by atoms with Gasteiger partial charge in [0.2, 0.25) is 18.2 Å². The van der Waals surface area contributed by atoms with E-state index in [1.165, 1.54) is 7.05 Å². The van der Waals surface area contributed by atoms with Crippen molar-refractivity contribution in [3.8, 4) is 0 Å². The van der Waals surface area contributed by atoms with E-state index in [-0.39, 0.29) is 24.8 Å². The summed E-state index contributed by atoms with van der Waals surface area (Å²) in [5.41, 5.74) is 1.16. The molecule has 0 saturated carbocycles. The fourth-order valence-corrected chi connectivity index (χ4v) is 2.43. The normalized spacial score (nSPS) is 12.2. The monoisotopic (exact) mass is 393 g/mol. The first kappa shape index (κ1) is 25.6. The summed E-state index contributed by atoms with van der Waals surface area (Å²) in [7, 11) is 1.48. The topological polar surface area (TPSA) is 98.7 Å². The molecule has 0 fully saturated rings. The van der Waals surface area contributed by atoms with Gasteiger partial charge in [0.25, 0.3) is 0 Å². The van der Waals surface area contributed by atoms with Crippen LogP contribution in [0, 0.1) is 11.8 Å². The number of nitrogens with zero attached hydrogens (tertiary/aromatic N) is 1. The Bertz CT molecular complexity index is 576. The van der Waals surface area contributed by atoms with Gasteiger partial charge in [-0.05, 0) is 37.7 Å². The second-order valence-corrected chi connectivity index (χ2v) is 7.33. The quantitative estimate of drug-likeness (QED) is 0.323. The number of hydroxylamine groups is 2. The van der Waals surface area contributed by atoms with Gasteiger partial charge in [-0.3, -0.25) is 19.6 Å². The molecule has 158 valence electrons. The van der Waals surface area contributed by atoms with Crippen LogP contribution in [0.5, 0.6) is 0 Å². The van der Waals surface area contributed by atoms with Gasteiger partial charge in [-0.15, -0.1) is 0 Å². The maximum absolute atomic E-state index is 12.3. The third-order valence-electron chi connectivity index (χ3n) is 3.97.